The van der Waals surface area contributed by atoms with Crippen LogP contribution >= 0.6 is 35.2 Å². The van der Waals surface area contributed by atoms with Crippen LogP contribution in [0.1, 0.15) is 12.1 Å². The number of carbonyl (C=O) groups excluding carboxylic acids is 1. The molecular weight excluding hydrogens is 469 g/mol. The van der Waals surface area contributed by atoms with Gasteiger partial charge in [-0.2, -0.15) is 0 Å². The molecule has 2 aromatic carbocycles. The summed E-state index contributed by atoms with van der Waals surface area (Å²) in [6.07, 6.45) is 3.26. The summed E-state index contributed by atoms with van der Waals surface area (Å²) < 4.78 is 0.651. The number of hydrogen-bond acceptors (Lipinski definition) is 4. The van der Waals surface area contributed by atoms with E-state index in [4.69, 9.17) is 0 Å². The maximum atomic E-state index is 12.0. The monoisotopic (exact) mass is 485 g/mol. The largest absolute Gasteiger partial charge is 0.272 e. The van der Waals surface area contributed by atoms with Gasteiger partial charge in [0, 0.05) is 11.1 Å². The molecule has 0 aliphatic heterocycles. The van der Waals surface area contributed by atoms with Gasteiger partial charge in [0.15, 0.2) is 0 Å². The lowest BCUT2D eigenvalue weighted by atomic mass is 10.1. The molecule has 4 nitrogen and oxygen atoms in total. The molecule has 0 atom stereocenters. The molecule has 3 rings (SSSR count). The van der Waals surface area contributed by atoms with Crippen molar-refractivity contribution in [3.05, 3.63) is 78.6 Å². The van der Waals surface area contributed by atoms with Crippen molar-refractivity contribution in [3.63, 3.8) is 0 Å². The number of aliphatic imine (C=N–C) groups is 2. The van der Waals surface area contributed by atoms with Crippen molar-refractivity contribution in [2.75, 3.05) is 0 Å². The highest BCUT2D eigenvalue weighted by Crippen LogP contribution is 2.30. The molecule has 27 heavy (non-hydrogen) atoms. The number of thiol groups is 1. The van der Waals surface area contributed by atoms with E-state index in [1.807, 2.05) is 60.7 Å². The first-order valence-corrected chi connectivity index (χ1v) is 9.74. The number of hydrogen-bond donors (Lipinski definition) is 1. The zero-order chi connectivity index (χ0) is 19.1. The summed E-state index contributed by atoms with van der Waals surface area (Å²) in [5, 5.41) is 0. The van der Waals surface area contributed by atoms with Crippen molar-refractivity contribution in [1.29, 1.82) is 0 Å². The molecule has 0 saturated carbocycles. The van der Waals surface area contributed by atoms with Crippen LogP contribution in [0.25, 0.3) is 11.1 Å². The van der Waals surface area contributed by atoms with Gasteiger partial charge >= 0.3 is 0 Å². The molecule has 0 saturated heterocycles. The maximum Gasteiger partial charge on any atom is 0.252 e. The molecule has 0 spiro atoms. The molecule has 3 aromatic rings. The number of aromatic nitrogens is 1. The topological polar surface area (TPSA) is 54.7 Å². The average molecular weight is 485 g/mol. The van der Waals surface area contributed by atoms with Crippen molar-refractivity contribution in [2.24, 2.45) is 9.98 Å². The molecule has 1 aromatic heterocycles. The van der Waals surface area contributed by atoms with E-state index in [0.717, 1.165) is 21.7 Å². The molecule has 6 heteroatoms. The second-order valence-electron chi connectivity index (χ2n) is 5.64. The van der Waals surface area contributed by atoms with E-state index < -0.39 is 0 Å². The Morgan fingerprint density at radius 1 is 1.04 bits per heavy atom. The SMILES string of the molecule is O=C(CC(I)=Nc1ccc(-c2ccccc2)cc1S)N=Cc1ccccn1. The Bertz CT molecular complexity index is 989. The highest BCUT2D eigenvalue weighted by atomic mass is 127. The highest BCUT2D eigenvalue weighted by Gasteiger charge is 2.06. The number of benzene rings is 2. The second kappa shape index (κ2) is 9.57. The maximum absolute atomic E-state index is 12.0. The number of pyridine rings is 1. The summed E-state index contributed by atoms with van der Waals surface area (Å²) in [6, 6.07) is 21.4. The molecule has 0 fully saturated rings. The van der Waals surface area contributed by atoms with Crippen LogP contribution in [0.5, 0.6) is 0 Å². The van der Waals surface area contributed by atoms with Crippen LogP contribution in [0.2, 0.25) is 0 Å². The van der Waals surface area contributed by atoms with E-state index in [-0.39, 0.29) is 12.3 Å². The van der Waals surface area contributed by atoms with Gasteiger partial charge in [0.05, 0.1) is 27.7 Å². The highest BCUT2D eigenvalue weighted by molar-refractivity contribution is 14.1. The Morgan fingerprint density at radius 2 is 1.81 bits per heavy atom. The van der Waals surface area contributed by atoms with Crippen LogP contribution in [0.15, 0.2) is 87.8 Å². The second-order valence-corrected chi connectivity index (χ2v) is 7.37. The van der Waals surface area contributed by atoms with Gasteiger partial charge in [-0.1, -0.05) is 42.5 Å². The van der Waals surface area contributed by atoms with Gasteiger partial charge in [-0.3, -0.25) is 9.78 Å². The number of halogens is 1. The fourth-order valence-electron chi connectivity index (χ4n) is 2.36. The first-order valence-electron chi connectivity index (χ1n) is 8.21. The van der Waals surface area contributed by atoms with Crippen LogP contribution in [-0.2, 0) is 4.79 Å². The summed E-state index contributed by atoms with van der Waals surface area (Å²) in [6.45, 7) is 0. The van der Waals surface area contributed by atoms with Gasteiger partial charge in [0.2, 0.25) is 0 Å². The predicted molar refractivity (Wildman–Crippen MR) is 122 cm³/mol. The molecular formula is C21H16IN3OS. The average Bonchev–Trinajstić information content (AvgIpc) is 2.69. The molecule has 1 amide bonds. The van der Waals surface area contributed by atoms with Crippen molar-refractivity contribution >= 4 is 56.7 Å². The van der Waals surface area contributed by atoms with E-state index in [9.17, 15) is 4.79 Å². The Morgan fingerprint density at radius 3 is 2.52 bits per heavy atom. The third-order valence-electron chi connectivity index (χ3n) is 3.65. The Labute approximate surface area is 177 Å². The zero-order valence-electron chi connectivity index (χ0n) is 14.3. The van der Waals surface area contributed by atoms with E-state index in [1.54, 1.807) is 12.3 Å². The third kappa shape index (κ3) is 5.83. The number of nitrogens with zero attached hydrogens (tertiary/aromatic N) is 3. The van der Waals surface area contributed by atoms with Gasteiger partial charge in [0.1, 0.15) is 0 Å². The summed E-state index contributed by atoms with van der Waals surface area (Å²) >= 11 is 6.60. The lowest BCUT2D eigenvalue weighted by Crippen LogP contribution is -2.00. The van der Waals surface area contributed by atoms with Crippen molar-refractivity contribution in [1.82, 2.24) is 4.98 Å². The standard InChI is InChI=1S/C21H16IN3OS/c22-20(13-21(26)24-14-17-8-4-5-11-23-17)25-18-10-9-16(12-19(18)27)15-6-2-1-3-7-15/h1-12,14,27H,13H2. The Hall–Kier alpha value is -2.32. The number of amides is 1. The summed E-state index contributed by atoms with van der Waals surface area (Å²) in [4.78, 5) is 25.3. The van der Waals surface area contributed by atoms with E-state index in [0.29, 0.717) is 9.41 Å². The summed E-state index contributed by atoms with van der Waals surface area (Å²) in [7, 11) is 0. The minimum Gasteiger partial charge on any atom is -0.272 e. The van der Waals surface area contributed by atoms with E-state index >= 15 is 0 Å². The molecule has 0 aliphatic rings. The fraction of sp³-hybridized carbons (Fsp3) is 0.0476. The molecule has 0 aliphatic carbocycles. The molecule has 0 unspecified atom stereocenters. The normalized spacial score (nSPS) is 11.7. The summed E-state index contributed by atoms with van der Waals surface area (Å²) in [5.74, 6) is -0.268. The minimum atomic E-state index is -0.268. The lowest BCUT2D eigenvalue weighted by molar-refractivity contribution is -0.116. The van der Waals surface area contributed by atoms with Gasteiger partial charge in [-0.25, -0.2) is 9.98 Å². The van der Waals surface area contributed by atoms with Gasteiger partial charge < -0.3 is 0 Å². The Balaban J connectivity index is 1.68. The molecule has 134 valence electrons. The molecule has 0 radical (unpaired) electrons. The number of rotatable bonds is 5. The third-order valence-corrected chi connectivity index (χ3v) is 4.63. The van der Waals surface area contributed by atoms with Gasteiger partial charge in [-0.05, 0) is 58.0 Å². The van der Waals surface area contributed by atoms with Gasteiger partial charge in [-0.15, -0.1) is 12.6 Å². The van der Waals surface area contributed by atoms with Crippen LogP contribution in [0, 0.1) is 0 Å². The van der Waals surface area contributed by atoms with Crippen molar-refractivity contribution in [2.45, 2.75) is 11.3 Å². The van der Waals surface area contributed by atoms with Crippen LogP contribution in [0.3, 0.4) is 0 Å². The smallest absolute Gasteiger partial charge is 0.252 e. The fourth-order valence-corrected chi connectivity index (χ4v) is 3.21. The van der Waals surface area contributed by atoms with Crippen LogP contribution in [0.4, 0.5) is 5.69 Å². The van der Waals surface area contributed by atoms with Gasteiger partial charge in [0.25, 0.3) is 5.91 Å². The van der Waals surface area contributed by atoms with Crippen molar-refractivity contribution in [3.8, 4) is 11.1 Å². The quantitative estimate of drug-likeness (QED) is 0.293. The predicted octanol–water partition coefficient (Wildman–Crippen LogP) is 5.54. The van der Waals surface area contributed by atoms with Crippen LogP contribution in [-0.4, -0.2) is 20.8 Å². The molecule has 0 N–H and O–H groups in total. The van der Waals surface area contributed by atoms with Crippen LogP contribution < -0.4 is 0 Å². The lowest BCUT2D eigenvalue weighted by Gasteiger charge is -2.05. The summed E-state index contributed by atoms with van der Waals surface area (Å²) in [5.41, 5.74) is 3.57. The van der Waals surface area contributed by atoms with E-state index in [1.165, 1.54) is 6.21 Å². The van der Waals surface area contributed by atoms with E-state index in [2.05, 4.69) is 50.2 Å². The first kappa shape index (κ1) is 19.4. The zero-order valence-corrected chi connectivity index (χ0v) is 17.3. The van der Waals surface area contributed by atoms with Crippen molar-refractivity contribution < 1.29 is 4.79 Å². The molecule has 1 heterocycles. The Kier molecular flexibility index (Phi) is 6.89. The number of carbonyl (C=O) groups is 1. The molecule has 0 bridgehead atoms. The minimum absolute atomic E-state index is 0.136. The first-order chi connectivity index (χ1) is 13.1.